The van der Waals surface area contributed by atoms with Crippen LogP contribution in [0.3, 0.4) is 0 Å². The molecule has 36 heavy (non-hydrogen) atoms. The van der Waals surface area contributed by atoms with Gasteiger partial charge in [0.15, 0.2) is 6.10 Å². The summed E-state index contributed by atoms with van der Waals surface area (Å²) in [4.78, 5) is 13.3. The van der Waals surface area contributed by atoms with E-state index in [-0.39, 0.29) is 11.4 Å². The number of carbonyl (C=O) groups is 1. The average Bonchev–Trinajstić information content (AvgIpc) is 3.26. The Kier molecular flexibility index (Phi) is 5.35. The van der Waals surface area contributed by atoms with Gasteiger partial charge in [0.25, 0.3) is 15.9 Å². The van der Waals surface area contributed by atoms with Crippen molar-refractivity contribution in [3.63, 3.8) is 0 Å². The van der Waals surface area contributed by atoms with Crippen molar-refractivity contribution in [2.45, 2.75) is 11.0 Å². The van der Waals surface area contributed by atoms with Crippen molar-refractivity contribution in [3.05, 3.63) is 96.0 Å². The van der Waals surface area contributed by atoms with Crippen molar-refractivity contribution in [1.82, 2.24) is 0 Å². The van der Waals surface area contributed by atoms with E-state index in [0.29, 0.717) is 27.7 Å². The van der Waals surface area contributed by atoms with Gasteiger partial charge in [-0.25, -0.2) is 8.42 Å². The van der Waals surface area contributed by atoms with Gasteiger partial charge in [0, 0.05) is 27.5 Å². The molecule has 2 heterocycles. The molecule has 1 atom stereocenters. The quantitative estimate of drug-likeness (QED) is 0.323. The van der Waals surface area contributed by atoms with Crippen LogP contribution in [0.5, 0.6) is 5.75 Å². The zero-order valence-corrected chi connectivity index (χ0v) is 20.3. The van der Waals surface area contributed by atoms with E-state index in [2.05, 4.69) is 5.32 Å². The predicted molar refractivity (Wildman–Crippen MR) is 139 cm³/mol. The van der Waals surface area contributed by atoms with Crippen LogP contribution in [-0.2, 0) is 14.8 Å². The van der Waals surface area contributed by atoms with Crippen LogP contribution in [0.2, 0.25) is 5.02 Å². The molecule has 7 nitrogen and oxygen atoms in total. The smallest absolute Gasteiger partial charge is 0.267 e. The largest absolute Gasteiger partial charge is 0.476 e. The summed E-state index contributed by atoms with van der Waals surface area (Å²) in [5.74, 6) is -0.176. The Hall–Kier alpha value is -4.01. The topological polar surface area (TPSA) is 88.9 Å². The maximum atomic E-state index is 13.5. The highest BCUT2D eigenvalue weighted by Crippen LogP contribution is 2.37. The highest BCUT2D eigenvalue weighted by atomic mass is 35.5. The minimum absolute atomic E-state index is 0.0677. The van der Waals surface area contributed by atoms with E-state index in [9.17, 15) is 13.2 Å². The summed E-state index contributed by atoms with van der Waals surface area (Å²) >= 11 is 5.94. The van der Waals surface area contributed by atoms with Crippen LogP contribution in [-0.4, -0.2) is 27.0 Å². The van der Waals surface area contributed by atoms with Crippen LogP contribution in [0, 0.1) is 0 Å². The Morgan fingerprint density at radius 3 is 2.44 bits per heavy atom. The van der Waals surface area contributed by atoms with Crippen LogP contribution in [0.1, 0.15) is 0 Å². The second-order valence-electron chi connectivity index (χ2n) is 8.36. The zero-order valence-electron chi connectivity index (χ0n) is 18.7. The molecule has 1 aliphatic rings. The number of amides is 1. The molecule has 0 aliphatic carbocycles. The van der Waals surface area contributed by atoms with Gasteiger partial charge in [0.2, 0.25) is 0 Å². The Labute approximate surface area is 211 Å². The lowest BCUT2D eigenvalue weighted by atomic mass is 10.1. The molecule has 9 heteroatoms. The molecule has 1 aliphatic heterocycles. The summed E-state index contributed by atoms with van der Waals surface area (Å²) in [6.45, 7) is -0.194. The molecule has 1 unspecified atom stereocenters. The number of nitrogens with zero attached hydrogens (tertiary/aromatic N) is 1. The molecule has 0 bridgehead atoms. The van der Waals surface area contributed by atoms with Crippen molar-refractivity contribution in [2.75, 3.05) is 16.2 Å². The second-order valence-corrected chi connectivity index (χ2v) is 10.7. The molecular weight excluding hydrogens is 500 g/mol. The number of halogens is 1. The summed E-state index contributed by atoms with van der Waals surface area (Å²) in [5.41, 5.74) is 2.27. The molecule has 1 N–H and O–H groups in total. The minimum atomic E-state index is -3.98. The zero-order chi connectivity index (χ0) is 24.9. The summed E-state index contributed by atoms with van der Waals surface area (Å²) < 4.78 is 40.0. The summed E-state index contributed by atoms with van der Waals surface area (Å²) in [6, 6.07) is 25.7. The van der Waals surface area contributed by atoms with Crippen LogP contribution in [0.15, 0.2) is 100 Å². The third-order valence-electron chi connectivity index (χ3n) is 6.08. The van der Waals surface area contributed by atoms with E-state index in [1.807, 2.05) is 30.3 Å². The Morgan fingerprint density at radius 1 is 0.889 bits per heavy atom. The van der Waals surface area contributed by atoms with Gasteiger partial charge in [-0.15, -0.1) is 0 Å². The number of nitrogens with one attached hydrogen (secondary N) is 1. The first kappa shape index (κ1) is 22.5. The van der Waals surface area contributed by atoms with E-state index in [4.69, 9.17) is 20.8 Å². The molecular formula is C27H19ClN2O5S. The molecule has 6 rings (SSSR count). The Balaban J connectivity index is 1.30. The second kappa shape index (κ2) is 8.58. The first-order valence-electron chi connectivity index (χ1n) is 11.2. The van der Waals surface area contributed by atoms with Crippen molar-refractivity contribution < 1.29 is 22.4 Å². The van der Waals surface area contributed by atoms with Gasteiger partial charge in [0.05, 0.1) is 17.1 Å². The van der Waals surface area contributed by atoms with Crippen molar-refractivity contribution in [2.24, 2.45) is 0 Å². The number of ether oxygens (including phenoxy) is 1. The van der Waals surface area contributed by atoms with Crippen molar-refractivity contribution >= 4 is 60.8 Å². The van der Waals surface area contributed by atoms with Gasteiger partial charge in [-0.2, -0.15) is 0 Å². The lowest BCUT2D eigenvalue weighted by Crippen LogP contribution is -2.48. The summed E-state index contributed by atoms with van der Waals surface area (Å²) in [7, 11) is -3.98. The number of carbonyl (C=O) groups excluding carboxylic acids is 1. The molecule has 0 saturated heterocycles. The first-order valence-corrected chi connectivity index (χ1v) is 13.0. The number of rotatable bonds is 4. The summed E-state index contributed by atoms with van der Waals surface area (Å²) in [5, 5.41) is 5.18. The van der Waals surface area contributed by atoms with E-state index in [0.717, 1.165) is 16.4 Å². The average molecular weight is 519 g/mol. The molecule has 0 fully saturated rings. The van der Waals surface area contributed by atoms with Crippen LogP contribution >= 0.6 is 11.6 Å². The van der Waals surface area contributed by atoms with Crippen molar-refractivity contribution in [3.8, 4) is 5.75 Å². The number of benzene rings is 4. The number of para-hydroxylation sites is 3. The fourth-order valence-corrected chi connectivity index (χ4v) is 5.93. The highest BCUT2D eigenvalue weighted by Gasteiger charge is 2.37. The number of fused-ring (bicyclic) bond motifs is 4. The van der Waals surface area contributed by atoms with Crippen LogP contribution in [0.25, 0.3) is 21.9 Å². The lowest BCUT2D eigenvalue weighted by molar-refractivity contribution is -0.122. The fraction of sp³-hybridized carbons (Fsp3) is 0.0741. The van der Waals surface area contributed by atoms with Gasteiger partial charge in [0.1, 0.15) is 16.9 Å². The molecule has 5 aromatic rings. The lowest BCUT2D eigenvalue weighted by Gasteiger charge is -2.34. The van der Waals surface area contributed by atoms with E-state index in [1.54, 1.807) is 36.4 Å². The normalized spacial score (nSPS) is 15.5. The third kappa shape index (κ3) is 3.84. The molecule has 180 valence electrons. The molecule has 0 saturated carbocycles. The van der Waals surface area contributed by atoms with Gasteiger partial charge < -0.3 is 14.5 Å². The van der Waals surface area contributed by atoms with Gasteiger partial charge in [-0.3, -0.25) is 9.10 Å². The molecule has 0 radical (unpaired) electrons. The standard InChI is InChI=1S/C27H19ClN2O5S/c28-17-9-12-19(13-10-17)36(32,33)30-16-26(35-24-8-4-2-6-22(24)30)27(31)29-18-11-14-21-20-5-1-3-7-23(20)34-25(21)15-18/h1-15,26H,16H2,(H,29,31). The third-order valence-corrected chi connectivity index (χ3v) is 8.12. The van der Waals surface area contributed by atoms with E-state index in [1.165, 1.54) is 28.6 Å². The van der Waals surface area contributed by atoms with Crippen LogP contribution in [0.4, 0.5) is 11.4 Å². The predicted octanol–water partition coefficient (Wildman–Crippen LogP) is 5.83. The molecule has 1 aromatic heterocycles. The number of sulfonamides is 1. The van der Waals surface area contributed by atoms with E-state index >= 15 is 0 Å². The van der Waals surface area contributed by atoms with E-state index < -0.39 is 22.0 Å². The maximum Gasteiger partial charge on any atom is 0.267 e. The number of anilines is 2. The van der Waals surface area contributed by atoms with Gasteiger partial charge >= 0.3 is 0 Å². The summed E-state index contributed by atoms with van der Waals surface area (Å²) in [6.07, 6.45) is -1.08. The van der Waals surface area contributed by atoms with Crippen LogP contribution < -0.4 is 14.4 Å². The van der Waals surface area contributed by atoms with Gasteiger partial charge in [-0.05, 0) is 54.6 Å². The Bertz CT molecular complexity index is 1730. The Morgan fingerprint density at radius 2 is 1.61 bits per heavy atom. The highest BCUT2D eigenvalue weighted by molar-refractivity contribution is 7.92. The molecule has 4 aromatic carbocycles. The monoisotopic (exact) mass is 518 g/mol. The number of furan rings is 1. The number of hydrogen-bond donors (Lipinski definition) is 1. The SMILES string of the molecule is O=C(Nc1ccc2c(c1)oc1ccccc12)C1CN(S(=O)(=O)c2ccc(Cl)cc2)c2ccccc2O1. The fourth-order valence-electron chi connectivity index (χ4n) is 4.33. The van der Waals surface area contributed by atoms with Gasteiger partial charge in [-0.1, -0.05) is 41.9 Å². The minimum Gasteiger partial charge on any atom is -0.476 e. The van der Waals surface area contributed by atoms with Crippen molar-refractivity contribution in [1.29, 1.82) is 0 Å². The first-order chi connectivity index (χ1) is 17.4. The molecule has 0 spiro atoms. The maximum absolute atomic E-state index is 13.5. The molecule has 1 amide bonds. The number of hydrogen-bond acceptors (Lipinski definition) is 5.